The zero-order chi connectivity index (χ0) is 15.3. The van der Waals surface area contributed by atoms with E-state index in [0.29, 0.717) is 13.0 Å². The number of aromatic carboxylic acids is 1. The number of nitrogens with one attached hydrogen (secondary N) is 2. The molecule has 1 aliphatic heterocycles. The largest absolute Gasteiger partial charge is 0.478 e. The third kappa shape index (κ3) is 3.61. The van der Waals surface area contributed by atoms with Crippen molar-refractivity contribution < 1.29 is 14.7 Å². The molecule has 1 aliphatic rings. The normalized spacial score (nSPS) is 21.2. The van der Waals surface area contributed by atoms with E-state index in [1.165, 1.54) is 0 Å². The molecule has 5 heteroatoms. The van der Waals surface area contributed by atoms with Crippen LogP contribution in [0.4, 0.5) is 0 Å². The van der Waals surface area contributed by atoms with E-state index >= 15 is 0 Å². The van der Waals surface area contributed by atoms with Crippen molar-refractivity contribution in [1.82, 2.24) is 10.6 Å². The van der Waals surface area contributed by atoms with Crippen LogP contribution in [0.3, 0.4) is 0 Å². The molecule has 1 amide bonds. The Bertz CT molecular complexity index is 522. The van der Waals surface area contributed by atoms with Gasteiger partial charge in [0.1, 0.15) is 0 Å². The highest BCUT2D eigenvalue weighted by molar-refractivity contribution is 5.88. The fourth-order valence-corrected chi connectivity index (χ4v) is 2.81. The fraction of sp³-hybridized carbons (Fsp3) is 0.500. The van der Waals surface area contributed by atoms with Crippen LogP contribution in [0, 0.1) is 0 Å². The molecule has 0 aliphatic carbocycles. The topological polar surface area (TPSA) is 78.4 Å². The van der Waals surface area contributed by atoms with Crippen LogP contribution in [-0.4, -0.2) is 35.6 Å². The number of amides is 1. The van der Waals surface area contributed by atoms with Gasteiger partial charge in [0.15, 0.2) is 0 Å². The molecule has 1 atom stereocenters. The lowest BCUT2D eigenvalue weighted by Crippen LogP contribution is -2.53. The van der Waals surface area contributed by atoms with Gasteiger partial charge < -0.3 is 15.7 Å². The van der Waals surface area contributed by atoms with E-state index in [2.05, 4.69) is 10.6 Å². The monoisotopic (exact) mass is 290 g/mol. The first-order valence-corrected chi connectivity index (χ1v) is 7.43. The number of benzene rings is 1. The molecule has 0 spiro atoms. The molecule has 3 N–H and O–H groups in total. The fourth-order valence-electron chi connectivity index (χ4n) is 2.81. The number of hydrogen-bond acceptors (Lipinski definition) is 3. The molecule has 114 valence electrons. The summed E-state index contributed by atoms with van der Waals surface area (Å²) in [7, 11) is 0. The van der Waals surface area contributed by atoms with Gasteiger partial charge in [-0.15, -0.1) is 0 Å². The van der Waals surface area contributed by atoms with E-state index < -0.39 is 11.5 Å². The van der Waals surface area contributed by atoms with E-state index in [1.54, 1.807) is 18.2 Å². The molecule has 0 bridgehead atoms. The lowest BCUT2D eigenvalue weighted by molar-refractivity contribution is -0.127. The van der Waals surface area contributed by atoms with E-state index in [0.717, 1.165) is 31.4 Å². The van der Waals surface area contributed by atoms with Crippen LogP contribution in [-0.2, 0) is 11.2 Å². The smallest absolute Gasteiger partial charge is 0.335 e. The minimum atomic E-state index is -0.930. The molecule has 0 radical (unpaired) electrons. The highest BCUT2D eigenvalue weighted by Gasteiger charge is 2.38. The predicted molar refractivity (Wildman–Crippen MR) is 80.4 cm³/mol. The van der Waals surface area contributed by atoms with Crippen molar-refractivity contribution in [3.8, 4) is 0 Å². The van der Waals surface area contributed by atoms with Gasteiger partial charge in [-0.25, -0.2) is 4.79 Å². The Morgan fingerprint density at radius 1 is 1.43 bits per heavy atom. The average Bonchev–Trinajstić information content (AvgIpc) is 2.97. The van der Waals surface area contributed by atoms with E-state index in [-0.39, 0.29) is 11.5 Å². The summed E-state index contributed by atoms with van der Waals surface area (Å²) in [6, 6.07) is 6.82. The molecule has 1 fully saturated rings. The van der Waals surface area contributed by atoms with Gasteiger partial charge in [0.05, 0.1) is 11.1 Å². The van der Waals surface area contributed by atoms with Crippen molar-refractivity contribution in [2.45, 2.75) is 38.1 Å². The van der Waals surface area contributed by atoms with Gasteiger partial charge >= 0.3 is 5.97 Å². The second-order valence-corrected chi connectivity index (χ2v) is 5.48. The standard InChI is InChI=1S/C16H22N2O3/c1-2-16(8-4-9-18-16)15(21)17-10-7-12-5-3-6-13(11-12)14(19)20/h3,5-6,11,18H,2,4,7-10H2,1H3,(H,17,21)(H,19,20). The first-order valence-electron chi connectivity index (χ1n) is 7.43. The van der Waals surface area contributed by atoms with Crippen LogP contribution in [0.1, 0.15) is 42.1 Å². The molecule has 1 aromatic carbocycles. The molecule has 21 heavy (non-hydrogen) atoms. The van der Waals surface area contributed by atoms with Gasteiger partial charge in [0, 0.05) is 6.54 Å². The molecule has 2 rings (SSSR count). The summed E-state index contributed by atoms with van der Waals surface area (Å²) in [5, 5.41) is 15.2. The van der Waals surface area contributed by atoms with Crippen LogP contribution in [0.25, 0.3) is 0 Å². The van der Waals surface area contributed by atoms with Gasteiger partial charge in [0.25, 0.3) is 0 Å². The Labute approximate surface area is 124 Å². The van der Waals surface area contributed by atoms with Crippen molar-refractivity contribution in [2.24, 2.45) is 0 Å². The number of hydrogen-bond donors (Lipinski definition) is 3. The highest BCUT2D eigenvalue weighted by atomic mass is 16.4. The average molecular weight is 290 g/mol. The quantitative estimate of drug-likeness (QED) is 0.743. The number of carbonyl (C=O) groups excluding carboxylic acids is 1. The van der Waals surface area contributed by atoms with Crippen LogP contribution in [0.2, 0.25) is 0 Å². The van der Waals surface area contributed by atoms with Crippen molar-refractivity contribution in [2.75, 3.05) is 13.1 Å². The van der Waals surface area contributed by atoms with E-state index in [9.17, 15) is 9.59 Å². The summed E-state index contributed by atoms with van der Waals surface area (Å²) in [5.41, 5.74) is 0.782. The first kappa shape index (κ1) is 15.5. The Kier molecular flexibility index (Phi) is 4.96. The zero-order valence-corrected chi connectivity index (χ0v) is 12.3. The summed E-state index contributed by atoms with van der Waals surface area (Å²) >= 11 is 0. The molecule has 0 saturated carbocycles. The Hall–Kier alpha value is -1.88. The summed E-state index contributed by atoms with van der Waals surface area (Å²) in [4.78, 5) is 23.2. The SMILES string of the molecule is CCC1(C(=O)NCCc2cccc(C(=O)O)c2)CCCN1. The number of rotatable bonds is 6. The zero-order valence-electron chi connectivity index (χ0n) is 12.3. The third-order valence-corrected chi connectivity index (χ3v) is 4.16. The summed E-state index contributed by atoms with van der Waals surface area (Å²) in [5.74, 6) is -0.877. The Morgan fingerprint density at radius 2 is 2.24 bits per heavy atom. The summed E-state index contributed by atoms with van der Waals surface area (Å²) in [6.07, 6.45) is 3.33. The van der Waals surface area contributed by atoms with Gasteiger partial charge in [-0.1, -0.05) is 19.1 Å². The van der Waals surface area contributed by atoms with Gasteiger partial charge in [-0.2, -0.15) is 0 Å². The summed E-state index contributed by atoms with van der Waals surface area (Å²) < 4.78 is 0. The lowest BCUT2D eigenvalue weighted by atomic mass is 9.93. The number of carboxylic acids is 1. The number of carbonyl (C=O) groups is 2. The van der Waals surface area contributed by atoms with Crippen LogP contribution in [0.15, 0.2) is 24.3 Å². The maximum atomic E-state index is 12.3. The molecular formula is C16H22N2O3. The molecule has 0 aromatic heterocycles. The minimum absolute atomic E-state index is 0.0527. The second kappa shape index (κ2) is 6.72. The van der Waals surface area contributed by atoms with Crippen LogP contribution >= 0.6 is 0 Å². The van der Waals surface area contributed by atoms with Crippen molar-refractivity contribution in [1.29, 1.82) is 0 Å². The van der Waals surface area contributed by atoms with Crippen molar-refractivity contribution in [3.05, 3.63) is 35.4 Å². The maximum Gasteiger partial charge on any atom is 0.335 e. The molecule has 1 heterocycles. The van der Waals surface area contributed by atoms with E-state index in [1.807, 2.05) is 13.0 Å². The molecule has 5 nitrogen and oxygen atoms in total. The molecular weight excluding hydrogens is 268 g/mol. The van der Waals surface area contributed by atoms with Crippen LogP contribution < -0.4 is 10.6 Å². The van der Waals surface area contributed by atoms with Crippen molar-refractivity contribution in [3.63, 3.8) is 0 Å². The molecule has 1 unspecified atom stereocenters. The Balaban J connectivity index is 1.88. The number of carboxylic acid groups (broad SMARTS) is 1. The molecule has 1 saturated heterocycles. The van der Waals surface area contributed by atoms with Crippen LogP contribution in [0.5, 0.6) is 0 Å². The highest BCUT2D eigenvalue weighted by Crippen LogP contribution is 2.22. The van der Waals surface area contributed by atoms with Gasteiger partial charge in [0.2, 0.25) is 5.91 Å². The van der Waals surface area contributed by atoms with Gasteiger partial charge in [-0.05, 0) is 49.9 Å². The Morgan fingerprint density at radius 3 is 2.86 bits per heavy atom. The maximum absolute atomic E-state index is 12.3. The van der Waals surface area contributed by atoms with E-state index in [4.69, 9.17) is 5.11 Å². The van der Waals surface area contributed by atoms with Gasteiger partial charge in [-0.3, -0.25) is 4.79 Å². The third-order valence-electron chi connectivity index (χ3n) is 4.16. The summed E-state index contributed by atoms with van der Waals surface area (Å²) in [6.45, 7) is 3.43. The lowest BCUT2D eigenvalue weighted by Gasteiger charge is -2.26. The van der Waals surface area contributed by atoms with Crippen molar-refractivity contribution >= 4 is 11.9 Å². The predicted octanol–water partition coefficient (Wildman–Crippen LogP) is 1.58. The first-order chi connectivity index (χ1) is 10.1. The molecule has 1 aromatic rings. The minimum Gasteiger partial charge on any atom is -0.478 e. The second-order valence-electron chi connectivity index (χ2n) is 5.48.